The number of rotatable bonds is 3. The van der Waals surface area contributed by atoms with Crippen LogP contribution in [0.15, 0.2) is 42.6 Å². The molecule has 2 rings (SSSR count). The number of hydrogen-bond acceptors (Lipinski definition) is 0. The molecule has 0 saturated carbocycles. The Morgan fingerprint density at radius 2 is 1.95 bits per heavy atom. The van der Waals surface area contributed by atoms with Crippen LogP contribution in [0.5, 0.6) is 0 Å². The molecule has 2 heteroatoms. The van der Waals surface area contributed by atoms with Crippen molar-refractivity contribution in [2.24, 2.45) is 11.3 Å². The second kappa shape index (κ2) is 5.64. The van der Waals surface area contributed by atoms with Crippen molar-refractivity contribution < 1.29 is 24.7 Å². The molecule has 1 atom stereocenters. The van der Waals surface area contributed by atoms with E-state index in [2.05, 4.69) is 57.4 Å². The molecule has 2 aliphatic carbocycles. The topological polar surface area (TPSA) is 0 Å². The maximum absolute atomic E-state index is 2.53. The standard InChI is InChI=1S/C17H25Ge.Zr/c1-12(2)16-14(9-10-15(16)18(5)6)17(4)11-7-8-13(17)3;/h7-8,11-12,18H,10H2,1-6H3;. The fraction of sp³-hybridized carbons (Fsp3) is 0.529. The van der Waals surface area contributed by atoms with Gasteiger partial charge in [-0.1, -0.05) is 0 Å². The molecule has 2 aliphatic rings. The molecule has 0 radical (unpaired) electrons. The number of allylic oxidation sites excluding steroid dienone is 8. The van der Waals surface area contributed by atoms with Crippen LogP contribution < -0.4 is 0 Å². The second-order valence-corrected chi connectivity index (χ2v) is 14.5. The Hall–Kier alpha value is 0.386. The van der Waals surface area contributed by atoms with E-state index in [0.29, 0.717) is 5.92 Å². The quantitative estimate of drug-likeness (QED) is 0.611. The van der Waals surface area contributed by atoms with Crippen LogP contribution in [0.4, 0.5) is 0 Å². The van der Waals surface area contributed by atoms with Gasteiger partial charge in [0.05, 0.1) is 0 Å². The van der Waals surface area contributed by atoms with Crippen LogP contribution in [0.2, 0.25) is 11.5 Å². The first-order chi connectivity index (χ1) is 8.79. The summed E-state index contributed by atoms with van der Waals surface area (Å²) in [6.07, 6.45) is 8.26. The van der Waals surface area contributed by atoms with Gasteiger partial charge in [0.25, 0.3) is 0 Å². The molecule has 0 aromatic rings. The zero-order chi connectivity index (χ0) is 14.4. The molecule has 0 aliphatic heterocycles. The maximum atomic E-state index is 2.53. The van der Waals surface area contributed by atoms with Crippen LogP contribution in [0.1, 0.15) is 34.1 Å². The molecule has 0 fully saturated rings. The first-order valence-corrected chi connectivity index (χ1v) is 14.6. The Labute approximate surface area is 138 Å². The van der Waals surface area contributed by atoms with Crippen molar-refractivity contribution in [3.63, 3.8) is 0 Å². The van der Waals surface area contributed by atoms with Gasteiger partial charge in [-0.25, -0.2) is 0 Å². The first-order valence-electron chi connectivity index (χ1n) is 7.34. The molecule has 0 spiro atoms. The van der Waals surface area contributed by atoms with Crippen molar-refractivity contribution in [1.29, 1.82) is 0 Å². The minimum atomic E-state index is -1.18. The normalized spacial score (nSPS) is 27.2. The summed E-state index contributed by atoms with van der Waals surface area (Å²) >= 11 is 0.443. The van der Waals surface area contributed by atoms with E-state index in [4.69, 9.17) is 0 Å². The molecular formula is C17H25GeZr. The third-order valence-corrected chi connectivity index (χ3v) is 9.73. The summed E-state index contributed by atoms with van der Waals surface area (Å²) in [6.45, 7) is 9.48. The van der Waals surface area contributed by atoms with Gasteiger partial charge >= 0.3 is 139 Å². The molecule has 0 nitrogen and oxygen atoms in total. The van der Waals surface area contributed by atoms with E-state index in [1.807, 2.05) is 4.41 Å². The fourth-order valence-electron chi connectivity index (χ4n) is 3.43. The van der Waals surface area contributed by atoms with Crippen LogP contribution in [-0.2, 0) is 24.7 Å². The third kappa shape index (κ3) is 2.62. The summed E-state index contributed by atoms with van der Waals surface area (Å²) in [6, 6.07) is 0. The Balaban J connectivity index is 2.58. The van der Waals surface area contributed by atoms with Gasteiger partial charge in [-0.2, -0.15) is 0 Å². The van der Waals surface area contributed by atoms with Crippen LogP contribution in [-0.4, -0.2) is 14.3 Å². The second-order valence-electron chi connectivity index (χ2n) is 6.69. The summed E-state index contributed by atoms with van der Waals surface area (Å²) in [4.78, 5) is 0. The summed E-state index contributed by atoms with van der Waals surface area (Å²) in [5, 5.41) is 0. The molecule has 0 heterocycles. The van der Waals surface area contributed by atoms with Crippen LogP contribution in [0.3, 0.4) is 0 Å². The van der Waals surface area contributed by atoms with Gasteiger partial charge in [-0.3, -0.25) is 0 Å². The molecule has 0 saturated heterocycles. The van der Waals surface area contributed by atoms with E-state index in [9.17, 15) is 0 Å². The van der Waals surface area contributed by atoms with Gasteiger partial charge in [0.15, 0.2) is 0 Å². The van der Waals surface area contributed by atoms with E-state index in [1.54, 1.807) is 39.1 Å². The van der Waals surface area contributed by atoms with E-state index in [1.165, 1.54) is 12.0 Å². The Morgan fingerprint density at radius 1 is 1.32 bits per heavy atom. The van der Waals surface area contributed by atoms with Crippen LogP contribution >= 0.6 is 0 Å². The Kier molecular flexibility index (Phi) is 4.68. The van der Waals surface area contributed by atoms with Crippen LogP contribution in [0, 0.1) is 11.3 Å². The third-order valence-electron chi connectivity index (χ3n) is 4.67. The average molecular weight is 393 g/mol. The van der Waals surface area contributed by atoms with Crippen molar-refractivity contribution in [2.75, 3.05) is 0 Å². The molecule has 0 aromatic carbocycles. The predicted molar refractivity (Wildman–Crippen MR) is 83.4 cm³/mol. The van der Waals surface area contributed by atoms with Gasteiger partial charge in [0.2, 0.25) is 0 Å². The molecular weight excluding hydrogens is 368 g/mol. The van der Waals surface area contributed by atoms with E-state index < -0.39 is 14.3 Å². The zero-order valence-electron chi connectivity index (χ0n) is 13.1. The molecule has 19 heavy (non-hydrogen) atoms. The van der Waals surface area contributed by atoms with Crippen molar-refractivity contribution >= 4 is 14.3 Å². The summed E-state index contributed by atoms with van der Waals surface area (Å²) in [5.74, 6) is 5.74. The van der Waals surface area contributed by atoms with E-state index in [0.717, 1.165) is 0 Å². The Bertz CT molecular complexity index is 517. The van der Waals surface area contributed by atoms with E-state index in [-0.39, 0.29) is 5.41 Å². The Morgan fingerprint density at radius 3 is 2.37 bits per heavy atom. The van der Waals surface area contributed by atoms with Gasteiger partial charge in [-0.05, 0) is 0 Å². The van der Waals surface area contributed by atoms with Gasteiger partial charge < -0.3 is 0 Å². The van der Waals surface area contributed by atoms with E-state index >= 15 is 0 Å². The SMILES string of the molecule is CC1=CC=CC1(C)C1=[C]([Zr])C[C]([GeH]([CH3])[CH3])=C1C(C)C. The first kappa shape index (κ1) is 15.8. The predicted octanol–water partition coefficient (Wildman–Crippen LogP) is 4.69. The minimum absolute atomic E-state index is 0.178. The number of hydrogen-bond donors (Lipinski definition) is 0. The van der Waals surface area contributed by atoms with Gasteiger partial charge in [0, 0.05) is 0 Å². The monoisotopic (exact) mass is 393 g/mol. The van der Waals surface area contributed by atoms with Crippen molar-refractivity contribution in [1.82, 2.24) is 0 Å². The van der Waals surface area contributed by atoms with Crippen molar-refractivity contribution in [3.05, 3.63) is 42.6 Å². The molecule has 101 valence electrons. The molecule has 0 N–H and O–H groups in total. The summed E-state index contributed by atoms with van der Waals surface area (Å²) in [5.41, 5.74) is 5.12. The van der Waals surface area contributed by atoms with Crippen LogP contribution in [0.25, 0.3) is 0 Å². The molecule has 0 bridgehead atoms. The average Bonchev–Trinajstić information content (AvgIpc) is 2.81. The molecule has 0 amide bonds. The van der Waals surface area contributed by atoms with Crippen molar-refractivity contribution in [2.45, 2.75) is 45.6 Å². The zero-order valence-corrected chi connectivity index (χ0v) is 18.0. The molecule has 1 unspecified atom stereocenters. The van der Waals surface area contributed by atoms with Crippen molar-refractivity contribution in [3.8, 4) is 0 Å². The van der Waals surface area contributed by atoms with Gasteiger partial charge in [-0.15, -0.1) is 0 Å². The molecule has 0 aromatic heterocycles. The summed E-state index contributed by atoms with van der Waals surface area (Å²) in [7, 11) is 0. The van der Waals surface area contributed by atoms with Gasteiger partial charge in [0.1, 0.15) is 0 Å². The fourth-order valence-corrected chi connectivity index (χ4v) is 9.52. The summed E-state index contributed by atoms with van der Waals surface area (Å²) < 4.78 is 3.59.